The second-order valence-electron chi connectivity index (χ2n) is 13.3. The first kappa shape index (κ1) is 28.0. The standard InChI is InChI=1S/C47H30N4/c1-3-13-31(14-4-1)46-47(45-29-32-15-7-8-16-35(32)30-49(45)48-46)51-42-22-12-10-20-38(42)40-28-34(24-26-44(40)51)33-23-25-43-39(27-33)37-19-9-11-21-41(37)50(43)36-17-5-2-6-18-36/h1-30H. The van der Waals surface area contributed by atoms with Gasteiger partial charge in [0, 0.05) is 44.4 Å². The van der Waals surface area contributed by atoms with Crippen molar-refractivity contribution < 1.29 is 0 Å². The van der Waals surface area contributed by atoms with Crippen LogP contribution in [0.3, 0.4) is 0 Å². The first-order chi connectivity index (χ1) is 25.3. The van der Waals surface area contributed by atoms with Crippen LogP contribution in [0.2, 0.25) is 0 Å². The van der Waals surface area contributed by atoms with Crippen LogP contribution in [0.5, 0.6) is 0 Å². The highest BCUT2D eigenvalue weighted by molar-refractivity contribution is 6.13. The van der Waals surface area contributed by atoms with E-state index in [0.717, 1.165) is 38.9 Å². The largest absolute Gasteiger partial charge is 0.309 e. The van der Waals surface area contributed by atoms with Gasteiger partial charge in [0.05, 0.1) is 27.6 Å². The Bertz CT molecular complexity index is 3130. The quantitative estimate of drug-likeness (QED) is 0.186. The molecule has 0 unspecified atom stereocenters. The van der Waals surface area contributed by atoms with Crippen molar-refractivity contribution in [3.8, 4) is 33.8 Å². The third kappa shape index (κ3) is 4.17. The molecule has 4 heteroatoms. The second-order valence-corrected chi connectivity index (χ2v) is 13.3. The van der Waals surface area contributed by atoms with Crippen LogP contribution in [0.25, 0.3) is 93.7 Å². The van der Waals surface area contributed by atoms with Gasteiger partial charge in [-0.2, -0.15) is 5.10 Å². The van der Waals surface area contributed by atoms with Gasteiger partial charge < -0.3 is 9.13 Å². The Kier molecular flexibility index (Phi) is 5.92. The Labute approximate surface area is 293 Å². The van der Waals surface area contributed by atoms with E-state index in [0.29, 0.717) is 0 Å². The molecule has 4 nitrogen and oxygen atoms in total. The minimum Gasteiger partial charge on any atom is -0.309 e. The molecule has 0 bridgehead atoms. The van der Waals surface area contributed by atoms with Gasteiger partial charge in [0.25, 0.3) is 0 Å². The molecule has 0 saturated heterocycles. The average molecular weight is 651 g/mol. The van der Waals surface area contributed by atoms with Crippen LogP contribution in [0.15, 0.2) is 182 Å². The molecule has 4 aromatic heterocycles. The molecule has 0 spiro atoms. The van der Waals surface area contributed by atoms with Crippen molar-refractivity contribution >= 4 is 59.9 Å². The number of hydrogen-bond donors (Lipinski definition) is 0. The lowest BCUT2D eigenvalue weighted by Crippen LogP contribution is -1.96. The summed E-state index contributed by atoms with van der Waals surface area (Å²) in [7, 11) is 0. The minimum atomic E-state index is 0.956. The lowest BCUT2D eigenvalue weighted by atomic mass is 10.0. The van der Waals surface area contributed by atoms with Crippen molar-refractivity contribution in [1.29, 1.82) is 0 Å². The first-order valence-electron chi connectivity index (χ1n) is 17.4. The monoisotopic (exact) mass is 650 g/mol. The summed E-state index contributed by atoms with van der Waals surface area (Å²) in [4.78, 5) is 0. The van der Waals surface area contributed by atoms with Crippen molar-refractivity contribution in [1.82, 2.24) is 18.7 Å². The molecule has 51 heavy (non-hydrogen) atoms. The van der Waals surface area contributed by atoms with Gasteiger partial charge in [-0.05, 0) is 71.1 Å². The van der Waals surface area contributed by atoms with Crippen molar-refractivity contribution in [2.75, 3.05) is 0 Å². The zero-order chi connectivity index (χ0) is 33.5. The molecule has 11 rings (SSSR count). The number of rotatable bonds is 4. The zero-order valence-corrected chi connectivity index (χ0v) is 27.6. The molecule has 0 amide bonds. The number of para-hydroxylation sites is 3. The van der Waals surface area contributed by atoms with Gasteiger partial charge in [0.2, 0.25) is 0 Å². The summed E-state index contributed by atoms with van der Waals surface area (Å²) in [6.07, 6.45) is 2.15. The second kappa shape index (κ2) is 10.8. The maximum atomic E-state index is 5.24. The highest BCUT2D eigenvalue weighted by atomic mass is 15.2. The van der Waals surface area contributed by atoms with E-state index < -0.39 is 0 Å². The molecule has 0 aliphatic rings. The summed E-state index contributed by atoms with van der Waals surface area (Å²) in [6.45, 7) is 0. The molecule has 0 fully saturated rings. The Hall–Kier alpha value is -6.91. The van der Waals surface area contributed by atoms with Gasteiger partial charge >= 0.3 is 0 Å². The molecule has 0 atom stereocenters. The van der Waals surface area contributed by atoms with Crippen LogP contribution < -0.4 is 0 Å². The van der Waals surface area contributed by atoms with E-state index in [2.05, 4.69) is 196 Å². The van der Waals surface area contributed by atoms with Crippen LogP contribution in [-0.4, -0.2) is 18.7 Å². The summed E-state index contributed by atoms with van der Waals surface area (Å²) in [5.74, 6) is 0. The minimum absolute atomic E-state index is 0.956. The van der Waals surface area contributed by atoms with Crippen LogP contribution in [-0.2, 0) is 0 Å². The van der Waals surface area contributed by atoms with E-state index >= 15 is 0 Å². The Morgan fingerprint density at radius 1 is 0.353 bits per heavy atom. The fourth-order valence-electron chi connectivity index (χ4n) is 8.12. The Morgan fingerprint density at radius 2 is 0.882 bits per heavy atom. The Morgan fingerprint density at radius 3 is 1.57 bits per heavy atom. The van der Waals surface area contributed by atoms with Crippen molar-refractivity contribution in [3.63, 3.8) is 0 Å². The summed E-state index contributed by atoms with van der Waals surface area (Å²) in [5, 5.41) is 12.5. The summed E-state index contributed by atoms with van der Waals surface area (Å²) < 4.78 is 6.84. The van der Waals surface area contributed by atoms with Crippen LogP contribution >= 0.6 is 0 Å². The fourth-order valence-corrected chi connectivity index (χ4v) is 8.12. The molecule has 0 aliphatic carbocycles. The molecule has 0 N–H and O–H groups in total. The lowest BCUT2D eigenvalue weighted by molar-refractivity contribution is 0.974. The third-order valence-electron chi connectivity index (χ3n) is 10.4. The average Bonchev–Trinajstić information content (AvgIpc) is 3.84. The number of hydrogen-bond acceptors (Lipinski definition) is 1. The van der Waals surface area contributed by atoms with Crippen LogP contribution in [0.4, 0.5) is 0 Å². The van der Waals surface area contributed by atoms with Crippen molar-refractivity contribution in [3.05, 3.63) is 182 Å². The van der Waals surface area contributed by atoms with Gasteiger partial charge in [-0.15, -0.1) is 0 Å². The van der Waals surface area contributed by atoms with E-state index in [-0.39, 0.29) is 0 Å². The maximum absolute atomic E-state index is 5.24. The van der Waals surface area contributed by atoms with Gasteiger partial charge in [0.15, 0.2) is 0 Å². The van der Waals surface area contributed by atoms with E-state index in [9.17, 15) is 0 Å². The number of benzene rings is 7. The number of pyridine rings is 1. The number of aromatic nitrogens is 4. The normalized spacial score (nSPS) is 11.9. The van der Waals surface area contributed by atoms with E-state index in [1.165, 1.54) is 54.8 Å². The SMILES string of the molecule is c1ccc(-c2nn3cc4ccccc4cc3c2-n2c3ccccc3c3cc(-c4ccc5c(c4)c4ccccc4n5-c4ccccc4)ccc32)cc1. The highest BCUT2D eigenvalue weighted by Crippen LogP contribution is 2.41. The van der Waals surface area contributed by atoms with Crippen LogP contribution in [0, 0.1) is 0 Å². The van der Waals surface area contributed by atoms with Gasteiger partial charge in [-0.1, -0.05) is 121 Å². The van der Waals surface area contributed by atoms with Gasteiger partial charge in [0.1, 0.15) is 11.4 Å². The molecular formula is C47H30N4. The summed E-state index contributed by atoms with van der Waals surface area (Å²) in [5.41, 5.74) is 12.5. The van der Waals surface area contributed by atoms with Gasteiger partial charge in [-0.3, -0.25) is 0 Å². The predicted molar refractivity (Wildman–Crippen MR) is 212 cm³/mol. The Balaban J connectivity index is 1.16. The maximum Gasteiger partial charge on any atom is 0.117 e. The third-order valence-corrected chi connectivity index (χ3v) is 10.4. The fraction of sp³-hybridized carbons (Fsp3) is 0. The summed E-state index contributed by atoms with van der Waals surface area (Å²) >= 11 is 0. The molecule has 238 valence electrons. The molecule has 4 heterocycles. The van der Waals surface area contributed by atoms with E-state index in [1.54, 1.807) is 0 Å². The van der Waals surface area contributed by atoms with Crippen molar-refractivity contribution in [2.45, 2.75) is 0 Å². The molecule has 0 radical (unpaired) electrons. The first-order valence-corrected chi connectivity index (χ1v) is 17.4. The topological polar surface area (TPSA) is 27.2 Å². The highest BCUT2D eigenvalue weighted by Gasteiger charge is 2.22. The molecular weight excluding hydrogens is 621 g/mol. The van der Waals surface area contributed by atoms with Crippen molar-refractivity contribution in [2.24, 2.45) is 0 Å². The smallest absolute Gasteiger partial charge is 0.117 e. The van der Waals surface area contributed by atoms with E-state index in [1.807, 2.05) is 0 Å². The molecule has 11 aromatic rings. The van der Waals surface area contributed by atoms with E-state index in [4.69, 9.17) is 5.10 Å². The molecule has 0 aliphatic heterocycles. The zero-order valence-electron chi connectivity index (χ0n) is 27.6. The number of fused-ring (bicyclic) bond motifs is 8. The summed E-state index contributed by atoms with van der Waals surface area (Å²) in [6, 6.07) is 63.3. The molecule has 0 saturated carbocycles. The molecule has 7 aromatic carbocycles. The van der Waals surface area contributed by atoms with Crippen LogP contribution in [0.1, 0.15) is 0 Å². The lowest BCUT2D eigenvalue weighted by Gasteiger charge is -2.11. The number of nitrogens with zero attached hydrogens (tertiary/aromatic N) is 4. The predicted octanol–water partition coefficient (Wildman–Crippen LogP) is 12.0. The van der Waals surface area contributed by atoms with Gasteiger partial charge in [-0.25, -0.2) is 4.52 Å².